The van der Waals surface area contributed by atoms with Crippen molar-refractivity contribution < 1.29 is 13.9 Å². The summed E-state index contributed by atoms with van der Waals surface area (Å²) in [6.45, 7) is 6.08. The van der Waals surface area contributed by atoms with Gasteiger partial charge < -0.3 is 15.7 Å². The van der Waals surface area contributed by atoms with Gasteiger partial charge in [0.05, 0.1) is 0 Å². The molecule has 0 heterocycles. The third-order valence-electron chi connectivity index (χ3n) is 3.78. The zero-order valence-corrected chi connectivity index (χ0v) is 14.6. The molecule has 0 bridgehead atoms. The number of guanidine groups is 1. The van der Waals surface area contributed by atoms with E-state index in [1.165, 1.54) is 6.07 Å². The number of aliphatic hydroxyl groups excluding tert-OH is 1. The first-order chi connectivity index (χ1) is 11.6. The molecule has 0 radical (unpaired) electrons. The lowest BCUT2D eigenvalue weighted by Gasteiger charge is -2.15. The maximum atomic E-state index is 13.6. The number of nitrogens with zero attached hydrogens (tertiary/aromatic N) is 1. The molecular formula is C18H29F2N3O. The highest BCUT2D eigenvalue weighted by Gasteiger charge is 2.08. The Hall–Kier alpha value is -1.69. The van der Waals surface area contributed by atoms with Gasteiger partial charge in [-0.1, -0.05) is 13.3 Å². The van der Waals surface area contributed by atoms with Crippen molar-refractivity contribution in [3.05, 3.63) is 35.4 Å². The number of hydrogen-bond donors (Lipinski definition) is 3. The minimum atomic E-state index is -0.432. The maximum Gasteiger partial charge on any atom is 0.191 e. The van der Waals surface area contributed by atoms with E-state index >= 15 is 0 Å². The van der Waals surface area contributed by atoms with Gasteiger partial charge >= 0.3 is 0 Å². The Kier molecular flexibility index (Phi) is 10.00. The fourth-order valence-corrected chi connectivity index (χ4v) is 2.53. The van der Waals surface area contributed by atoms with Crippen LogP contribution < -0.4 is 10.6 Å². The van der Waals surface area contributed by atoms with Gasteiger partial charge in [0, 0.05) is 26.2 Å². The summed E-state index contributed by atoms with van der Waals surface area (Å²) in [4.78, 5) is 4.54. The van der Waals surface area contributed by atoms with Gasteiger partial charge in [0.25, 0.3) is 0 Å². The number of nitrogens with one attached hydrogen (secondary N) is 2. The Morgan fingerprint density at radius 2 is 2.00 bits per heavy atom. The highest BCUT2D eigenvalue weighted by atomic mass is 19.1. The van der Waals surface area contributed by atoms with Gasteiger partial charge in [0.2, 0.25) is 0 Å². The number of aliphatic hydroxyl groups is 1. The first-order valence-corrected chi connectivity index (χ1v) is 8.67. The normalized spacial score (nSPS) is 13.0. The summed E-state index contributed by atoms with van der Waals surface area (Å²) < 4.78 is 26.8. The van der Waals surface area contributed by atoms with E-state index in [1.807, 2.05) is 6.92 Å². The lowest BCUT2D eigenvalue weighted by Crippen LogP contribution is -2.38. The number of hydrogen-bond acceptors (Lipinski definition) is 2. The van der Waals surface area contributed by atoms with Crippen LogP contribution in [0.5, 0.6) is 0 Å². The molecule has 1 rings (SSSR count). The van der Waals surface area contributed by atoms with Gasteiger partial charge in [-0.05, 0) is 55.9 Å². The van der Waals surface area contributed by atoms with Crippen molar-refractivity contribution >= 4 is 5.96 Å². The Morgan fingerprint density at radius 3 is 2.67 bits per heavy atom. The lowest BCUT2D eigenvalue weighted by atomic mass is 10.0. The summed E-state index contributed by atoms with van der Waals surface area (Å²) in [6, 6.07) is 3.49. The van der Waals surface area contributed by atoms with Crippen LogP contribution in [0.3, 0.4) is 0 Å². The molecule has 0 aliphatic carbocycles. The third-order valence-corrected chi connectivity index (χ3v) is 3.78. The van der Waals surface area contributed by atoms with E-state index in [0.29, 0.717) is 37.0 Å². The van der Waals surface area contributed by atoms with Gasteiger partial charge in [0.1, 0.15) is 11.6 Å². The van der Waals surface area contributed by atoms with Crippen LogP contribution in [0.25, 0.3) is 0 Å². The topological polar surface area (TPSA) is 56.7 Å². The Balaban J connectivity index is 2.55. The average Bonchev–Trinajstić information content (AvgIpc) is 2.56. The van der Waals surface area contributed by atoms with Gasteiger partial charge in [-0.15, -0.1) is 0 Å². The summed E-state index contributed by atoms with van der Waals surface area (Å²) in [5.74, 6) is 0.189. The summed E-state index contributed by atoms with van der Waals surface area (Å²) in [5, 5.41) is 15.4. The molecule has 0 aliphatic rings. The summed E-state index contributed by atoms with van der Waals surface area (Å²) in [5.41, 5.74) is 0.350. The molecule has 0 saturated heterocycles. The molecular weight excluding hydrogens is 312 g/mol. The van der Waals surface area contributed by atoms with Crippen LogP contribution in [0.15, 0.2) is 23.2 Å². The Labute approximate surface area is 143 Å². The Bertz CT molecular complexity index is 503. The van der Waals surface area contributed by atoms with E-state index in [2.05, 4.69) is 22.5 Å². The predicted octanol–water partition coefficient (Wildman–Crippen LogP) is 2.86. The van der Waals surface area contributed by atoms with Gasteiger partial charge in [-0.2, -0.15) is 0 Å². The third kappa shape index (κ3) is 7.73. The molecule has 6 heteroatoms. The van der Waals surface area contributed by atoms with E-state index in [-0.39, 0.29) is 6.61 Å². The molecule has 1 atom stereocenters. The van der Waals surface area contributed by atoms with Crippen molar-refractivity contribution in [2.45, 2.75) is 39.5 Å². The first-order valence-electron chi connectivity index (χ1n) is 8.67. The van der Waals surface area contributed by atoms with E-state index in [4.69, 9.17) is 5.11 Å². The number of rotatable bonds is 10. The minimum absolute atomic E-state index is 0.170. The van der Waals surface area contributed by atoms with Gasteiger partial charge in [-0.3, -0.25) is 4.99 Å². The molecule has 3 N–H and O–H groups in total. The van der Waals surface area contributed by atoms with E-state index in [9.17, 15) is 8.78 Å². The lowest BCUT2D eigenvalue weighted by molar-refractivity contribution is 0.253. The van der Waals surface area contributed by atoms with Crippen LogP contribution in [0.1, 0.15) is 38.7 Å². The standard InChI is InChI=1S/C18H29F2N3O/c1-3-5-14(9-11-24)13-23-18(21-4-2)22-10-8-15-12-16(19)6-7-17(15)20/h6-7,12,14,24H,3-5,8-11,13H2,1-2H3,(H2,21,22,23). The molecule has 1 aromatic rings. The SMILES string of the molecule is CCCC(CCO)CN=C(NCC)NCCc1cc(F)ccc1F. The van der Waals surface area contributed by atoms with Crippen molar-refractivity contribution in [1.29, 1.82) is 0 Å². The van der Waals surface area contributed by atoms with Crippen LogP contribution in [0.4, 0.5) is 8.78 Å². The fourth-order valence-electron chi connectivity index (χ4n) is 2.53. The van der Waals surface area contributed by atoms with E-state index in [0.717, 1.165) is 37.9 Å². The second-order valence-corrected chi connectivity index (χ2v) is 5.80. The zero-order chi connectivity index (χ0) is 17.8. The number of aliphatic imine (C=N–C) groups is 1. The van der Waals surface area contributed by atoms with E-state index < -0.39 is 11.6 Å². The van der Waals surface area contributed by atoms with Crippen molar-refractivity contribution in [2.24, 2.45) is 10.9 Å². The van der Waals surface area contributed by atoms with Crippen LogP contribution in [-0.2, 0) is 6.42 Å². The minimum Gasteiger partial charge on any atom is -0.396 e. The zero-order valence-electron chi connectivity index (χ0n) is 14.6. The molecule has 136 valence electrons. The van der Waals surface area contributed by atoms with Gasteiger partial charge in [-0.25, -0.2) is 8.78 Å². The predicted molar refractivity (Wildman–Crippen MR) is 94.1 cm³/mol. The smallest absolute Gasteiger partial charge is 0.191 e. The molecule has 0 fully saturated rings. The molecule has 0 spiro atoms. The molecule has 1 unspecified atom stereocenters. The summed E-state index contributed by atoms with van der Waals surface area (Å²) in [7, 11) is 0. The number of halogens is 2. The van der Waals surface area contributed by atoms with Crippen LogP contribution >= 0.6 is 0 Å². The summed E-state index contributed by atoms with van der Waals surface area (Å²) >= 11 is 0. The van der Waals surface area contributed by atoms with Gasteiger partial charge in [0.15, 0.2) is 5.96 Å². The molecule has 1 aromatic carbocycles. The highest BCUT2D eigenvalue weighted by Crippen LogP contribution is 2.11. The molecule has 0 amide bonds. The van der Waals surface area contributed by atoms with Crippen LogP contribution in [0, 0.1) is 17.6 Å². The molecule has 4 nitrogen and oxygen atoms in total. The monoisotopic (exact) mass is 341 g/mol. The molecule has 0 aromatic heterocycles. The second kappa shape index (κ2) is 11.8. The second-order valence-electron chi connectivity index (χ2n) is 5.80. The quantitative estimate of drug-likeness (QED) is 0.453. The van der Waals surface area contributed by atoms with Crippen molar-refractivity contribution in [1.82, 2.24) is 10.6 Å². The largest absolute Gasteiger partial charge is 0.396 e. The number of benzene rings is 1. The molecule has 0 aliphatic heterocycles. The maximum absolute atomic E-state index is 13.6. The fraction of sp³-hybridized carbons (Fsp3) is 0.611. The molecule has 24 heavy (non-hydrogen) atoms. The van der Waals surface area contributed by atoms with Crippen LogP contribution in [-0.4, -0.2) is 37.3 Å². The highest BCUT2D eigenvalue weighted by molar-refractivity contribution is 5.79. The molecule has 0 saturated carbocycles. The van der Waals surface area contributed by atoms with Crippen molar-refractivity contribution in [3.8, 4) is 0 Å². The van der Waals surface area contributed by atoms with Crippen molar-refractivity contribution in [3.63, 3.8) is 0 Å². The Morgan fingerprint density at radius 1 is 1.21 bits per heavy atom. The van der Waals surface area contributed by atoms with Crippen molar-refractivity contribution in [2.75, 3.05) is 26.2 Å². The first kappa shape index (κ1) is 20.4. The van der Waals surface area contributed by atoms with Crippen LogP contribution in [0.2, 0.25) is 0 Å². The average molecular weight is 341 g/mol. The summed E-state index contributed by atoms with van der Waals surface area (Å²) in [6.07, 6.45) is 3.20. The van der Waals surface area contributed by atoms with E-state index in [1.54, 1.807) is 0 Å².